The highest BCUT2D eigenvalue weighted by molar-refractivity contribution is 5.89. The molecule has 1 rings (SSSR count). The molecule has 0 aliphatic carbocycles. The summed E-state index contributed by atoms with van der Waals surface area (Å²) in [4.78, 5) is 11.6. The van der Waals surface area contributed by atoms with E-state index >= 15 is 0 Å². The van der Waals surface area contributed by atoms with Gasteiger partial charge in [-0.2, -0.15) is 0 Å². The summed E-state index contributed by atoms with van der Waals surface area (Å²) in [6.07, 6.45) is 0. The highest BCUT2D eigenvalue weighted by Crippen LogP contribution is 2.11. The van der Waals surface area contributed by atoms with Gasteiger partial charge in [0.05, 0.1) is 18.8 Å². The zero-order valence-corrected chi connectivity index (χ0v) is 9.43. The van der Waals surface area contributed by atoms with Crippen LogP contribution >= 0.6 is 0 Å². The van der Waals surface area contributed by atoms with E-state index in [1.54, 1.807) is 38.1 Å². The Morgan fingerprint density at radius 3 is 2.12 bits per heavy atom. The Morgan fingerprint density at radius 2 is 1.62 bits per heavy atom. The molecule has 0 unspecified atom stereocenters. The fourth-order valence-electron chi connectivity index (χ4n) is 1.05. The first-order valence-electron chi connectivity index (χ1n) is 5.17. The van der Waals surface area contributed by atoms with Gasteiger partial charge in [0.25, 0.3) is 0 Å². The molecule has 0 atom stereocenters. The van der Waals surface area contributed by atoms with Gasteiger partial charge in [0, 0.05) is 0 Å². The molecule has 1 aromatic rings. The molecule has 87 valence electrons. The summed E-state index contributed by atoms with van der Waals surface area (Å²) in [5.74, 6) is -0.488. The van der Waals surface area contributed by atoms with E-state index < -0.39 is 5.97 Å². The van der Waals surface area contributed by atoms with Crippen LogP contribution < -0.4 is 0 Å². The standard InChI is InChI=1S/C12H15O4/c1-3-14-12(15-4-2)16-11(13)10-8-6-5-7-9-10/h5-9H,3-4H2,1-2H3. The van der Waals surface area contributed by atoms with E-state index in [1.165, 1.54) is 0 Å². The van der Waals surface area contributed by atoms with Crippen LogP contribution in [-0.4, -0.2) is 19.2 Å². The van der Waals surface area contributed by atoms with E-state index in [0.717, 1.165) is 0 Å². The molecule has 4 heteroatoms. The van der Waals surface area contributed by atoms with E-state index in [2.05, 4.69) is 0 Å². The smallest absolute Gasteiger partial charge is 0.397 e. The minimum Gasteiger partial charge on any atom is -0.397 e. The van der Waals surface area contributed by atoms with Crippen LogP contribution in [0.1, 0.15) is 24.2 Å². The predicted octanol–water partition coefficient (Wildman–Crippen LogP) is 2.36. The van der Waals surface area contributed by atoms with Crippen molar-refractivity contribution in [2.45, 2.75) is 13.8 Å². The van der Waals surface area contributed by atoms with Gasteiger partial charge in [-0.05, 0) is 26.0 Å². The lowest BCUT2D eigenvalue weighted by atomic mass is 10.2. The average Bonchev–Trinajstić information content (AvgIpc) is 2.31. The quantitative estimate of drug-likeness (QED) is 0.694. The molecule has 0 N–H and O–H groups in total. The second-order valence-electron chi connectivity index (χ2n) is 2.87. The van der Waals surface area contributed by atoms with Crippen LogP contribution in [0.15, 0.2) is 30.3 Å². The zero-order valence-electron chi connectivity index (χ0n) is 9.43. The van der Waals surface area contributed by atoms with Gasteiger partial charge in [-0.15, -0.1) is 0 Å². The number of hydrogen-bond donors (Lipinski definition) is 0. The highest BCUT2D eigenvalue weighted by Gasteiger charge is 2.18. The first-order valence-corrected chi connectivity index (χ1v) is 5.17. The maximum absolute atomic E-state index is 11.6. The predicted molar refractivity (Wildman–Crippen MR) is 58.4 cm³/mol. The summed E-state index contributed by atoms with van der Waals surface area (Å²) in [5, 5.41) is 0. The minimum absolute atomic E-state index is 0.0983. The van der Waals surface area contributed by atoms with Gasteiger partial charge in [-0.25, -0.2) is 4.79 Å². The Balaban J connectivity index is 2.54. The average molecular weight is 223 g/mol. The van der Waals surface area contributed by atoms with Gasteiger partial charge < -0.3 is 14.2 Å². The normalized spacial score (nSPS) is 10.4. The van der Waals surface area contributed by atoms with Crippen molar-refractivity contribution in [3.63, 3.8) is 0 Å². The van der Waals surface area contributed by atoms with E-state index in [1.807, 2.05) is 6.07 Å². The number of hydrogen-bond acceptors (Lipinski definition) is 4. The van der Waals surface area contributed by atoms with Crippen molar-refractivity contribution in [3.05, 3.63) is 42.4 Å². The van der Waals surface area contributed by atoms with Gasteiger partial charge in [0.15, 0.2) is 0 Å². The minimum atomic E-state index is -0.488. The van der Waals surface area contributed by atoms with Crippen molar-refractivity contribution in [1.29, 1.82) is 0 Å². The fourth-order valence-corrected chi connectivity index (χ4v) is 1.05. The van der Waals surface area contributed by atoms with E-state index in [4.69, 9.17) is 14.2 Å². The maximum atomic E-state index is 11.6. The molecule has 0 saturated carbocycles. The van der Waals surface area contributed by atoms with Crippen molar-refractivity contribution < 1.29 is 19.0 Å². The molecule has 0 aliphatic rings. The topological polar surface area (TPSA) is 44.8 Å². The van der Waals surface area contributed by atoms with E-state index in [-0.39, 0.29) is 6.48 Å². The number of rotatable bonds is 6. The van der Waals surface area contributed by atoms with E-state index in [0.29, 0.717) is 18.8 Å². The highest BCUT2D eigenvalue weighted by atomic mass is 16.9. The number of esters is 1. The number of benzene rings is 1. The Kier molecular flexibility index (Phi) is 5.53. The largest absolute Gasteiger partial charge is 0.430 e. The molecule has 0 aromatic heterocycles. The Bertz CT molecular complexity index is 304. The Morgan fingerprint density at radius 1 is 1.06 bits per heavy atom. The lowest BCUT2D eigenvalue weighted by Crippen LogP contribution is -2.17. The maximum Gasteiger partial charge on any atom is 0.430 e. The van der Waals surface area contributed by atoms with Gasteiger partial charge in [0.2, 0.25) is 0 Å². The SMILES string of the molecule is CCO[C](OCC)OC(=O)c1ccccc1. The lowest BCUT2D eigenvalue weighted by Gasteiger charge is -2.13. The third-order valence-electron chi connectivity index (χ3n) is 1.71. The number of carbonyl (C=O) groups is 1. The molecule has 0 aliphatic heterocycles. The molecular weight excluding hydrogens is 208 g/mol. The molecule has 1 aromatic carbocycles. The molecule has 1 radical (unpaired) electrons. The third kappa shape index (κ3) is 4.00. The van der Waals surface area contributed by atoms with Crippen molar-refractivity contribution in [1.82, 2.24) is 0 Å². The lowest BCUT2D eigenvalue weighted by molar-refractivity contribution is -0.156. The second kappa shape index (κ2) is 6.98. The van der Waals surface area contributed by atoms with Crippen molar-refractivity contribution >= 4 is 5.97 Å². The molecule has 0 heterocycles. The Hall–Kier alpha value is -1.39. The molecule has 0 fully saturated rings. The molecule has 0 bridgehead atoms. The second-order valence-corrected chi connectivity index (χ2v) is 2.87. The summed E-state index contributed by atoms with van der Waals surface area (Å²) < 4.78 is 15.0. The van der Waals surface area contributed by atoms with Crippen molar-refractivity contribution in [2.24, 2.45) is 0 Å². The summed E-state index contributed by atoms with van der Waals surface area (Å²) >= 11 is 0. The van der Waals surface area contributed by atoms with Gasteiger partial charge in [0.1, 0.15) is 0 Å². The molecule has 0 spiro atoms. The van der Waals surface area contributed by atoms with Crippen LogP contribution in [0.4, 0.5) is 0 Å². The zero-order chi connectivity index (χ0) is 11.8. The number of carbonyl (C=O) groups excluding carboxylic acids is 1. The first kappa shape index (κ1) is 12.7. The van der Waals surface area contributed by atoms with Gasteiger partial charge in [-0.3, -0.25) is 0 Å². The summed E-state index contributed by atoms with van der Waals surface area (Å²) in [6.45, 7) is 4.25. The monoisotopic (exact) mass is 223 g/mol. The summed E-state index contributed by atoms with van der Waals surface area (Å²) in [7, 11) is 0. The summed E-state index contributed by atoms with van der Waals surface area (Å²) in [5.41, 5.74) is 0.458. The van der Waals surface area contributed by atoms with Crippen molar-refractivity contribution in [2.75, 3.05) is 13.2 Å². The van der Waals surface area contributed by atoms with Crippen LogP contribution in [0, 0.1) is 6.48 Å². The summed E-state index contributed by atoms with van der Waals surface area (Å²) in [6, 6.07) is 8.68. The van der Waals surface area contributed by atoms with Gasteiger partial charge in [-0.1, -0.05) is 18.2 Å². The van der Waals surface area contributed by atoms with Crippen LogP contribution in [0.2, 0.25) is 0 Å². The Labute approximate surface area is 95.1 Å². The first-order chi connectivity index (χ1) is 7.77. The van der Waals surface area contributed by atoms with Crippen molar-refractivity contribution in [3.8, 4) is 0 Å². The molecule has 0 saturated heterocycles. The fraction of sp³-hybridized carbons (Fsp3) is 0.333. The third-order valence-corrected chi connectivity index (χ3v) is 1.71. The molecule has 4 nitrogen and oxygen atoms in total. The molecular formula is C12H15O4. The van der Waals surface area contributed by atoms with Gasteiger partial charge >= 0.3 is 12.4 Å². The number of ether oxygens (including phenoxy) is 3. The molecule has 0 amide bonds. The van der Waals surface area contributed by atoms with Crippen LogP contribution in [0.3, 0.4) is 0 Å². The van der Waals surface area contributed by atoms with Crippen LogP contribution in [0.5, 0.6) is 0 Å². The van der Waals surface area contributed by atoms with Crippen LogP contribution in [0.25, 0.3) is 0 Å². The van der Waals surface area contributed by atoms with Crippen LogP contribution in [-0.2, 0) is 14.2 Å². The molecule has 16 heavy (non-hydrogen) atoms. The van der Waals surface area contributed by atoms with E-state index in [9.17, 15) is 4.79 Å².